The predicted molar refractivity (Wildman–Crippen MR) is 96.8 cm³/mol. The van der Waals surface area contributed by atoms with Crippen molar-refractivity contribution in [3.63, 3.8) is 0 Å². The Bertz CT molecular complexity index is 879. The molecule has 2 aromatic carbocycles. The lowest BCUT2D eigenvalue weighted by molar-refractivity contribution is 0.0775. The van der Waals surface area contributed by atoms with Gasteiger partial charge >= 0.3 is 0 Å². The van der Waals surface area contributed by atoms with Crippen LogP contribution >= 0.6 is 11.3 Å². The number of carbonyl (C=O) groups is 1. The molecule has 0 fully saturated rings. The quantitative estimate of drug-likeness (QED) is 0.662. The Morgan fingerprint density at radius 1 is 1.00 bits per heavy atom. The fraction of sp³-hybridized carbons (Fsp3) is 0.150. The summed E-state index contributed by atoms with van der Waals surface area (Å²) >= 11 is 1.64. The molecule has 0 bridgehead atoms. The zero-order valence-corrected chi connectivity index (χ0v) is 13.6. The van der Waals surface area contributed by atoms with Crippen molar-refractivity contribution in [2.45, 2.75) is 6.42 Å². The van der Waals surface area contributed by atoms with Gasteiger partial charge in [0.25, 0.3) is 5.91 Å². The molecule has 0 saturated carbocycles. The minimum atomic E-state index is 0.144. The molecule has 1 aliphatic rings. The number of carbonyl (C=O) groups excluding carboxylic acids is 1. The monoisotopic (exact) mass is 319 g/mol. The van der Waals surface area contributed by atoms with Gasteiger partial charge in [0.05, 0.1) is 5.56 Å². The van der Waals surface area contributed by atoms with Crippen molar-refractivity contribution < 1.29 is 4.79 Å². The van der Waals surface area contributed by atoms with Gasteiger partial charge in [-0.2, -0.15) is 0 Å². The Hall–Kier alpha value is -2.39. The Kier molecular flexibility index (Phi) is 3.72. The summed E-state index contributed by atoms with van der Waals surface area (Å²) in [5.41, 5.74) is 3.44. The number of fused-ring (bicyclic) bond motifs is 1. The van der Waals surface area contributed by atoms with E-state index in [2.05, 4.69) is 36.4 Å². The number of rotatable bonds is 2. The Balaban J connectivity index is 1.56. The lowest BCUT2D eigenvalue weighted by atomic mass is 9.99. The number of hydrogen-bond acceptors (Lipinski definition) is 2. The van der Waals surface area contributed by atoms with E-state index in [4.69, 9.17) is 0 Å². The zero-order valence-electron chi connectivity index (χ0n) is 12.7. The van der Waals surface area contributed by atoms with Gasteiger partial charge < -0.3 is 4.90 Å². The van der Waals surface area contributed by atoms with E-state index in [0.717, 1.165) is 23.9 Å². The number of thiophene rings is 1. The molecule has 3 aromatic rings. The molecule has 2 heterocycles. The highest BCUT2D eigenvalue weighted by Gasteiger charge is 2.21. The van der Waals surface area contributed by atoms with Crippen LogP contribution in [0.25, 0.3) is 15.7 Å². The summed E-state index contributed by atoms with van der Waals surface area (Å²) in [5.74, 6) is 0.144. The van der Waals surface area contributed by atoms with E-state index in [1.807, 2.05) is 34.5 Å². The van der Waals surface area contributed by atoms with Crippen LogP contribution in [0.15, 0.2) is 66.1 Å². The first-order chi connectivity index (χ1) is 11.3. The van der Waals surface area contributed by atoms with Crippen LogP contribution in [0, 0.1) is 0 Å². The van der Waals surface area contributed by atoms with Gasteiger partial charge in [-0.05, 0) is 23.6 Å². The maximum atomic E-state index is 12.8. The summed E-state index contributed by atoms with van der Waals surface area (Å²) in [6.45, 7) is 1.47. The van der Waals surface area contributed by atoms with Crippen molar-refractivity contribution in [1.29, 1.82) is 0 Å². The first-order valence-corrected chi connectivity index (χ1v) is 8.71. The van der Waals surface area contributed by atoms with Gasteiger partial charge in [0.2, 0.25) is 0 Å². The van der Waals surface area contributed by atoms with Crippen LogP contribution in [-0.2, 0) is 0 Å². The molecule has 114 valence electrons. The third-order valence-corrected chi connectivity index (χ3v) is 5.32. The lowest BCUT2D eigenvalue weighted by Crippen LogP contribution is -2.34. The lowest BCUT2D eigenvalue weighted by Gasteiger charge is -2.26. The van der Waals surface area contributed by atoms with Crippen LogP contribution in [0.1, 0.15) is 22.3 Å². The van der Waals surface area contributed by atoms with E-state index >= 15 is 0 Å². The van der Waals surface area contributed by atoms with Crippen molar-refractivity contribution in [3.05, 3.63) is 77.2 Å². The topological polar surface area (TPSA) is 20.3 Å². The second-order valence-electron chi connectivity index (χ2n) is 5.74. The molecule has 0 saturated heterocycles. The average Bonchev–Trinajstić information content (AvgIpc) is 3.06. The molecule has 1 amide bonds. The minimum absolute atomic E-state index is 0.144. The first-order valence-electron chi connectivity index (χ1n) is 7.83. The second kappa shape index (κ2) is 6.01. The molecule has 1 aromatic heterocycles. The van der Waals surface area contributed by atoms with E-state index in [-0.39, 0.29) is 5.91 Å². The van der Waals surface area contributed by atoms with Crippen molar-refractivity contribution >= 4 is 32.9 Å². The summed E-state index contributed by atoms with van der Waals surface area (Å²) in [6.07, 6.45) is 3.10. The molecule has 1 aliphatic heterocycles. The highest BCUT2D eigenvalue weighted by Crippen LogP contribution is 2.28. The number of benzene rings is 2. The SMILES string of the molecule is O=C(c1csc2ccccc12)N1CC=C(c2ccccc2)CC1. The molecule has 0 spiro atoms. The third kappa shape index (κ3) is 2.68. The molecule has 0 unspecified atom stereocenters. The summed E-state index contributed by atoms with van der Waals surface area (Å²) < 4.78 is 1.17. The van der Waals surface area contributed by atoms with Crippen LogP contribution in [0.5, 0.6) is 0 Å². The zero-order chi connectivity index (χ0) is 15.6. The molecule has 2 nitrogen and oxygen atoms in total. The summed E-state index contributed by atoms with van der Waals surface area (Å²) in [5, 5.41) is 3.06. The van der Waals surface area contributed by atoms with E-state index in [1.165, 1.54) is 15.8 Å². The summed E-state index contributed by atoms with van der Waals surface area (Å²) in [6, 6.07) is 18.5. The predicted octanol–water partition coefficient (Wildman–Crippen LogP) is 4.83. The van der Waals surface area contributed by atoms with E-state index in [0.29, 0.717) is 6.54 Å². The number of amides is 1. The largest absolute Gasteiger partial charge is 0.335 e. The molecule has 0 N–H and O–H groups in total. The maximum absolute atomic E-state index is 12.8. The number of hydrogen-bond donors (Lipinski definition) is 0. The van der Waals surface area contributed by atoms with Crippen LogP contribution in [0.2, 0.25) is 0 Å². The van der Waals surface area contributed by atoms with Gasteiger partial charge in [-0.3, -0.25) is 4.79 Å². The van der Waals surface area contributed by atoms with Crippen molar-refractivity contribution in [2.24, 2.45) is 0 Å². The molecular weight excluding hydrogens is 302 g/mol. The standard InChI is InChI=1S/C20H17NOS/c22-20(18-14-23-19-9-5-4-8-17(18)19)21-12-10-16(11-13-21)15-6-2-1-3-7-15/h1-10,14H,11-13H2. The fourth-order valence-electron chi connectivity index (χ4n) is 3.08. The molecular formula is C20H17NOS. The summed E-state index contributed by atoms with van der Waals surface area (Å²) in [7, 11) is 0. The van der Waals surface area contributed by atoms with Gasteiger partial charge in [0, 0.05) is 28.6 Å². The molecule has 0 aliphatic carbocycles. The normalized spacial score (nSPS) is 14.8. The van der Waals surface area contributed by atoms with Gasteiger partial charge in [-0.25, -0.2) is 0 Å². The van der Waals surface area contributed by atoms with Crippen LogP contribution in [0.3, 0.4) is 0 Å². The molecule has 0 atom stereocenters. The van der Waals surface area contributed by atoms with Crippen molar-refractivity contribution in [1.82, 2.24) is 4.90 Å². The highest BCUT2D eigenvalue weighted by molar-refractivity contribution is 7.17. The van der Waals surface area contributed by atoms with Crippen LogP contribution in [-0.4, -0.2) is 23.9 Å². The highest BCUT2D eigenvalue weighted by atomic mass is 32.1. The second-order valence-corrected chi connectivity index (χ2v) is 6.65. The van der Waals surface area contributed by atoms with Crippen LogP contribution in [0.4, 0.5) is 0 Å². The first kappa shape index (κ1) is 14.2. The van der Waals surface area contributed by atoms with Gasteiger partial charge in [-0.1, -0.05) is 54.6 Å². The molecule has 4 rings (SSSR count). The van der Waals surface area contributed by atoms with Crippen LogP contribution < -0.4 is 0 Å². The van der Waals surface area contributed by atoms with Gasteiger partial charge in [0.1, 0.15) is 0 Å². The smallest absolute Gasteiger partial charge is 0.255 e. The van der Waals surface area contributed by atoms with Gasteiger partial charge in [-0.15, -0.1) is 11.3 Å². The fourth-order valence-corrected chi connectivity index (χ4v) is 4.02. The van der Waals surface area contributed by atoms with Crippen molar-refractivity contribution in [2.75, 3.05) is 13.1 Å². The molecule has 3 heteroatoms. The molecule has 23 heavy (non-hydrogen) atoms. The third-order valence-electron chi connectivity index (χ3n) is 4.35. The summed E-state index contributed by atoms with van der Waals surface area (Å²) in [4.78, 5) is 14.8. The van der Waals surface area contributed by atoms with Gasteiger partial charge in [0.15, 0.2) is 0 Å². The average molecular weight is 319 g/mol. The van der Waals surface area contributed by atoms with E-state index in [1.54, 1.807) is 11.3 Å². The van der Waals surface area contributed by atoms with E-state index < -0.39 is 0 Å². The maximum Gasteiger partial charge on any atom is 0.255 e. The molecule has 0 radical (unpaired) electrons. The van der Waals surface area contributed by atoms with Crippen molar-refractivity contribution in [3.8, 4) is 0 Å². The van der Waals surface area contributed by atoms with E-state index in [9.17, 15) is 4.79 Å². The Morgan fingerprint density at radius 2 is 1.78 bits per heavy atom. The Labute approximate surface area is 139 Å². The minimum Gasteiger partial charge on any atom is -0.335 e. The Morgan fingerprint density at radius 3 is 2.57 bits per heavy atom. The number of nitrogens with zero attached hydrogens (tertiary/aromatic N) is 1.